The van der Waals surface area contributed by atoms with Crippen molar-refractivity contribution in [3.8, 4) is 0 Å². The Hall–Kier alpha value is -1.36. The van der Waals surface area contributed by atoms with E-state index in [1.165, 1.54) is 0 Å². The fourth-order valence-electron chi connectivity index (χ4n) is 1.89. The molecule has 0 saturated carbocycles. The minimum Gasteiger partial charge on any atom is -0.370 e. The third-order valence-corrected chi connectivity index (χ3v) is 3.45. The lowest BCUT2D eigenvalue weighted by Gasteiger charge is -2.21. The summed E-state index contributed by atoms with van der Waals surface area (Å²) in [5.74, 6) is 2.76. The van der Waals surface area contributed by atoms with Crippen LogP contribution in [0.4, 0.5) is 11.6 Å². The predicted molar refractivity (Wildman–Crippen MR) is 91.1 cm³/mol. The number of hydrogen-bond donors (Lipinski definition) is 2. The van der Waals surface area contributed by atoms with Gasteiger partial charge in [0.05, 0.1) is 0 Å². The molecule has 0 unspecified atom stereocenters. The number of anilines is 2. The molecule has 2 N–H and O–H groups in total. The van der Waals surface area contributed by atoms with Crippen molar-refractivity contribution in [1.82, 2.24) is 14.9 Å². The van der Waals surface area contributed by atoms with E-state index in [-0.39, 0.29) is 0 Å². The van der Waals surface area contributed by atoms with Gasteiger partial charge in [0.25, 0.3) is 0 Å². The van der Waals surface area contributed by atoms with E-state index in [0.717, 1.165) is 56.4 Å². The fraction of sp³-hybridized carbons (Fsp3) is 0.750. The molecule has 0 aliphatic carbocycles. The molecule has 1 aromatic rings. The fourth-order valence-corrected chi connectivity index (χ4v) is 1.89. The van der Waals surface area contributed by atoms with Crippen LogP contribution in [0.5, 0.6) is 0 Å². The summed E-state index contributed by atoms with van der Waals surface area (Å²) in [5, 5.41) is 6.76. The van der Waals surface area contributed by atoms with Crippen molar-refractivity contribution in [1.29, 1.82) is 0 Å². The van der Waals surface area contributed by atoms with Crippen LogP contribution in [0.3, 0.4) is 0 Å². The molecular formula is C16H31N5. The Kier molecular flexibility index (Phi) is 8.05. The van der Waals surface area contributed by atoms with E-state index in [9.17, 15) is 0 Å². The molecule has 120 valence electrons. The van der Waals surface area contributed by atoms with Crippen molar-refractivity contribution in [2.75, 3.05) is 37.3 Å². The molecule has 5 nitrogen and oxygen atoms in total. The second-order valence-corrected chi connectivity index (χ2v) is 5.73. The maximum absolute atomic E-state index is 4.59. The average molecular weight is 293 g/mol. The molecule has 0 aliphatic rings. The average Bonchev–Trinajstić information content (AvgIpc) is 2.45. The Bertz CT molecular complexity index is 406. The molecule has 0 aliphatic heterocycles. The molecule has 0 amide bonds. The van der Waals surface area contributed by atoms with Crippen LogP contribution in [0.1, 0.15) is 46.4 Å². The number of hydrogen-bond acceptors (Lipinski definition) is 5. The normalized spacial score (nSPS) is 11.2. The highest BCUT2D eigenvalue weighted by atomic mass is 15.1. The van der Waals surface area contributed by atoms with Crippen molar-refractivity contribution in [3.05, 3.63) is 11.9 Å². The summed E-state index contributed by atoms with van der Waals surface area (Å²) in [6.07, 6.45) is 3.07. The lowest BCUT2D eigenvalue weighted by atomic mass is 10.3. The van der Waals surface area contributed by atoms with Crippen LogP contribution in [-0.4, -0.2) is 47.6 Å². The van der Waals surface area contributed by atoms with Gasteiger partial charge in [0.15, 0.2) is 0 Å². The van der Waals surface area contributed by atoms with E-state index in [4.69, 9.17) is 0 Å². The highest BCUT2D eigenvalue weighted by molar-refractivity contribution is 5.47. The predicted octanol–water partition coefficient (Wildman–Crippen LogP) is 3.00. The number of aromatic nitrogens is 2. The van der Waals surface area contributed by atoms with Crippen LogP contribution in [0.2, 0.25) is 0 Å². The number of rotatable bonds is 10. The summed E-state index contributed by atoms with van der Waals surface area (Å²) in [4.78, 5) is 11.5. The molecular weight excluding hydrogens is 262 g/mol. The Balaban J connectivity index is 2.64. The summed E-state index contributed by atoms with van der Waals surface area (Å²) in [5.41, 5.74) is 0. The number of nitrogens with one attached hydrogen (secondary N) is 2. The first-order chi connectivity index (χ1) is 10.1. The van der Waals surface area contributed by atoms with Crippen molar-refractivity contribution in [3.63, 3.8) is 0 Å². The van der Waals surface area contributed by atoms with Gasteiger partial charge in [-0.2, -0.15) is 0 Å². The molecule has 1 rings (SSSR count). The molecule has 0 atom stereocenters. The Labute approximate surface area is 129 Å². The minimum absolute atomic E-state index is 0.564. The quantitative estimate of drug-likeness (QED) is 0.694. The third kappa shape index (κ3) is 6.76. The van der Waals surface area contributed by atoms with Crippen molar-refractivity contribution >= 4 is 11.6 Å². The Morgan fingerprint density at radius 1 is 1.05 bits per heavy atom. The van der Waals surface area contributed by atoms with Crippen LogP contribution in [0.15, 0.2) is 6.07 Å². The maximum atomic E-state index is 4.59. The van der Waals surface area contributed by atoms with E-state index in [2.05, 4.69) is 60.2 Å². The van der Waals surface area contributed by atoms with Gasteiger partial charge in [-0.3, -0.25) is 0 Å². The van der Waals surface area contributed by atoms with Gasteiger partial charge < -0.3 is 15.5 Å². The monoisotopic (exact) mass is 293 g/mol. The first-order valence-corrected chi connectivity index (χ1v) is 8.12. The van der Waals surface area contributed by atoms with Gasteiger partial charge >= 0.3 is 0 Å². The second-order valence-electron chi connectivity index (χ2n) is 5.73. The summed E-state index contributed by atoms with van der Waals surface area (Å²) >= 11 is 0. The SMILES string of the molecule is CCCNc1cc(NCCN(C)C(C)C)nc(CCC)n1. The maximum Gasteiger partial charge on any atom is 0.133 e. The lowest BCUT2D eigenvalue weighted by Crippen LogP contribution is -2.31. The highest BCUT2D eigenvalue weighted by Gasteiger charge is 2.06. The number of nitrogens with zero attached hydrogens (tertiary/aromatic N) is 3. The minimum atomic E-state index is 0.564. The smallest absolute Gasteiger partial charge is 0.133 e. The molecule has 1 heterocycles. The summed E-state index contributed by atoms with van der Waals surface area (Å²) in [7, 11) is 2.14. The van der Waals surface area contributed by atoms with E-state index in [0.29, 0.717) is 6.04 Å². The van der Waals surface area contributed by atoms with Gasteiger partial charge in [0.1, 0.15) is 17.5 Å². The van der Waals surface area contributed by atoms with Crippen LogP contribution in [0, 0.1) is 0 Å². The van der Waals surface area contributed by atoms with Crippen LogP contribution in [0.25, 0.3) is 0 Å². The Morgan fingerprint density at radius 2 is 1.67 bits per heavy atom. The van der Waals surface area contributed by atoms with Gasteiger partial charge in [-0.25, -0.2) is 9.97 Å². The second kappa shape index (κ2) is 9.55. The number of likely N-dealkylation sites (N-methyl/N-ethyl adjacent to an activating group) is 1. The molecule has 0 aromatic carbocycles. The molecule has 0 saturated heterocycles. The van der Waals surface area contributed by atoms with Gasteiger partial charge in [-0.15, -0.1) is 0 Å². The van der Waals surface area contributed by atoms with E-state index >= 15 is 0 Å². The molecule has 5 heteroatoms. The standard InChI is InChI=1S/C16H31N5/c1-6-8-14-19-15(17-9-7-2)12-16(20-14)18-10-11-21(5)13(3)4/h12-13H,6-11H2,1-5H3,(H2,17,18,19,20). The largest absolute Gasteiger partial charge is 0.370 e. The topological polar surface area (TPSA) is 53.1 Å². The van der Waals surface area contributed by atoms with Gasteiger partial charge in [0.2, 0.25) is 0 Å². The van der Waals surface area contributed by atoms with E-state index in [1.54, 1.807) is 0 Å². The third-order valence-electron chi connectivity index (χ3n) is 3.45. The molecule has 1 aromatic heterocycles. The van der Waals surface area contributed by atoms with Gasteiger partial charge in [-0.05, 0) is 33.7 Å². The van der Waals surface area contributed by atoms with Crippen LogP contribution in [-0.2, 0) is 6.42 Å². The zero-order chi connectivity index (χ0) is 15.7. The van der Waals surface area contributed by atoms with Gasteiger partial charge in [-0.1, -0.05) is 13.8 Å². The summed E-state index contributed by atoms with van der Waals surface area (Å²) in [6, 6.07) is 2.57. The van der Waals surface area contributed by atoms with Crippen molar-refractivity contribution in [2.45, 2.75) is 53.0 Å². The first kappa shape index (κ1) is 17.7. The molecule has 0 radical (unpaired) electrons. The number of aryl methyl sites for hydroxylation is 1. The molecule has 21 heavy (non-hydrogen) atoms. The highest BCUT2D eigenvalue weighted by Crippen LogP contribution is 2.12. The van der Waals surface area contributed by atoms with Crippen molar-refractivity contribution in [2.24, 2.45) is 0 Å². The Morgan fingerprint density at radius 3 is 2.19 bits per heavy atom. The zero-order valence-electron chi connectivity index (χ0n) is 14.2. The van der Waals surface area contributed by atoms with E-state index < -0.39 is 0 Å². The molecule has 0 bridgehead atoms. The van der Waals surface area contributed by atoms with Crippen LogP contribution < -0.4 is 10.6 Å². The summed E-state index contributed by atoms with van der Waals surface area (Å²) < 4.78 is 0. The van der Waals surface area contributed by atoms with Crippen molar-refractivity contribution < 1.29 is 0 Å². The first-order valence-electron chi connectivity index (χ1n) is 8.12. The van der Waals surface area contributed by atoms with Gasteiger partial charge in [0, 0.05) is 38.2 Å². The van der Waals surface area contributed by atoms with E-state index in [1.807, 2.05) is 6.07 Å². The molecule has 0 spiro atoms. The lowest BCUT2D eigenvalue weighted by molar-refractivity contribution is 0.284. The zero-order valence-corrected chi connectivity index (χ0v) is 14.2. The van der Waals surface area contributed by atoms with Crippen LogP contribution >= 0.6 is 0 Å². The summed E-state index contributed by atoms with van der Waals surface area (Å²) in [6.45, 7) is 11.6. The molecule has 0 fully saturated rings.